The Hall–Kier alpha value is -2.12. The Morgan fingerprint density at radius 2 is 1.35 bits per heavy atom. The van der Waals surface area contributed by atoms with E-state index in [-0.39, 0.29) is 12.0 Å². The molecule has 1 N–H and O–H groups in total. The lowest BCUT2D eigenvalue weighted by molar-refractivity contribution is 0.343. The Bertz CT molecular complexity index is 528. The fraction of sp³-hybridized carbons (Fsp3) is 0.158. The van der Waals surface area contributed by atoms with Gasteiger partial charge in [-0.1, -0.05) is 85.0 Å². The Balaban J connectivity index is 2.44. The highest BCUT2D eigenvalue weighted by atomic mass is 16.2. The molecule has 102 valence electrons. The highest BCUT2D eigenvalue weighted by Crippen LogP contribution is 2.33. The maximum atomic E-state index is 8.81. The Morgan fingerprint density at radius 1 is 0.850 bits per heavy atom. The lowest BCUT2D eigenvalue weighted by Gasteiger charge is -2.27. The van der Waals surface area contributed by atoms with Crippen molar-refractivity contribution in [3.05, 3.63) is 96.1 Å². The van der Waals surface area contributed by atoms with Crippen molar-refractivity contribution < 1.29 is 5.11 Å². The molecule has 0 spiro atoms. The zero-order valence-electron chi connectivity index (χ0n) is 11.7. The van der Waals surface area contributed by atoms with Gasteiger partial charge in [0.2, 0.25) is 0 Å². The van der Waals surface area contributed by atoms with Gasteiger partial charge in [-0.05, 0) is 18.1 Å². The molecule has 0 radical (unpaired) electrons. The van der Waals surface area contributed by atoms with E-state index in [1.165, 1.54) is 11.1 Å². The zero-order chi connectivity index (χ0) is 14.3. The first-order valence-electron chi connectivity index (χ1n) is 6.83. The molecule has 1 heteroatoms. The number of allylic oxidation sites excluding steroid dienone is 3. The molecular weight excluding hydrogens is 244 g/mol. The van der Waals surface area contributed by atoms with Crippen molar-refractivity contribution in [3.63, 3.8) is 0 Å². The first kappa shape index (κ1) is 14.3. The lowest BCUT2D eigenvalue weighted by Crippen LogP contribution is -2.20. The van der Waals surface area contributed by atoms with Crippen LogP contribution in [0.15, 0.2) is 85.0 Å². The molecule has 0 aliphatic rings. The van der Waals surface area contributed by atoms with Gasteiger partial charge in [-0.15, -0.1) is 0 Å². The van der Waals surface area contributed by atoms with Crippen LogP contribution in [0, 0.1) is 0 Å². The van der Waals surface area contributed by atoms with Gasteiger partial charge in [0.05, 0.1) is 6.61 Å². The molecular formula is C19H20O. The molecule has 0 saturated carbocycles. The second kappa shape index (κ2) is 6.88. The smallest absolute Gasteiger partial charge is 0.0615 e. The average molecular weight is 264 g/mol. The summed E-state index contributed by atoms with van der Waals surface area (Å²) in [6, 6.07) is 20.9. The summed E-state index contributed by atoms with van der Waals surface area (Å²) in [5.41, 5.74) is 2.32. The first-order chi connectivity index (χ1) is 9.77. The van der Waals surface area contributed by atoms with E-state index in [1.807, 2.05) is 24.3 Å². The Kier molecular flexibility index (Phi) is 4.91. The van der Waals surface area contributed by atoms with Gasteiger partial charge in [0.1, 0.15) is 0 Å². The summed E-state index contributed by atoms with van der Waals surface area (Å²) >= 11 is 0. The van der Waals surface area contributed by atoms with Crippen LogP contribution < -0.4 is 0 Å². The lowest BCUT2D eigenvalue weighted by atomic mass is 9.76. The Labute approximate surface area is 120 Å². The SMILES string of the molecule is CC(/C=C/C=C/CO)(c1ccccc1)c1ccccc1. The molecule has 1 nitrogen and oxygen atoms in total. The van der Waals surface area contributed by atoms with E-state index in [2.05, 4.69) is 61.5 Å². The van der Waals surface area contributed by atoms with Crippen molar-refractivity contribution >= 4 is 0 Å². The van der Waals surface area contributed by atoms with Crippen LogP contribution >= 0.6 is 0 Å². The van der Waals surface area contributed by atoms with Crippen LogP contribution in [0.25, 0.3) is 0 Å². The third-order valence-corrected chi connectivity index (χ3v) is 3.53. The van der Waals surface area contributed by atoms with Crippen LogP contribution in [0.1, 0.15) is 18.1 Å². The van der Waals surface area contributed by atoms with E-state index < -0.39 is 0 Å². The van der Waals surface area contributed by atoms with E-state index in [0.29, 0.717) is 0 Å². The van der Waals surface area contributed by atoms with E-state index in [0.717, 1.165) is 0 Å². The quantitative estimate of drug-likeness (QED) is 0.806. The van der Waals surface area contributed by atoms with Crippen LogP contribution in [-0.4, -0.2) is 11.7 Å². The summed E-state index contributed by atoms with van der Waals surface area (Å²) in [5.74, 6) is 0. The highest BCUT2D eigenvalue weighted by molar-refractivity contribution is 5.43. The molecule has 2 aromatic carbocycles. The molecule has 0 amide bonds. The summed E-state index contributed by atoms with van der Waals surface area (Å²) in [6.07, 6.45) is 7.77. The summed E-state index contributed by atoms with van der Waals surface area (Å²) in [4.78, 5) is 0. The summed E-state index contributed by atoms with van der Waals surface area (Å²) in [5, 5.41) is 8.81. The van der Waals surface area contributed by atoms with Gasteiger partial charge in [0.25, 0.3) is 0 Å². The summed E-state index contributed by atoms with van der Waals surface area (Å²) in [6.45, 7) is 2.28. The van der Waals surface area contributed by atoms with Crippen molar-refractivity contribution in [2.75, 3.05) is 6.61 Å². The highest BCUT2D eigenvalue weighted by Gasteiger charge is 2.24. The predicted octanol–water partition coefficient (Wildman–Crippen LogP) is 4.10. The number of aliphatic hydroxyl groups is 1. The normalized spacial score (nSPS) is 12.3. The third kappa shape index (κ3) is 3.25. The van der Waals surface area contributed by atoms with Crippen LogP contribution in [0.4, 0.5) is 0 Å². The number of hydrogen-bond acceptors (Lipinski definition) is 1. The molecule has 0 unspecified atom stereocenters. The van der Waals surface area contributed by atoms with Crippen LogP contribution in [0.3, 0.4) is 0 Å². The molecule has 2 aromatic rings. The Morgan fingerprint density at radius 3 is 1.80 bits per heavy atom. The van der Waals surface area contributed by atoms with Gasteiger partial charge < -0.3 is 5.11 Å². The molecule has 0 aliphatic heterocycles. The number of aliphatic hydroxyl groups excluding tert-OH is 1. The van der Waals surface area contributed by atoms with E-state index >= 15 is 0 Å². The summed E-state index contributed by atoms with van der Waals surface area (Å²) < 4.78 is 0. The largest absolute Gasteiger partial charge is 0.392 e. The minimum atomic E-state index is -0.178. The second-order valence-electron chi connectivity index (χ2n) is 4.90. The number of rotatable bonds is 5. The van der Waals surface area contributed by atoms with Crippen molar-refractivity contribution in [2.45, 2.75) is 12.3 Å². The maximum Gasteiger partial charge on any atom is 0.0615 e. The standard InChI is InChI=1S/C19H20O/c1-19(15-9-4-10-16-20,17-11-5-2-6-12-17)18-13-7-3-8-14-18/h2-15,20H,16H2,1H3/b10-4+,15-9+. The van der Waals surface area contributed by atoms with Gasteiger partial charge in [-0.25, -0.2) is 0 Å². The monoisotopic (exact) mass is 264 g/mol. The van der Waals surface area contributed by atoms with Crippen LogP contribution in [0.2, 0.25) is 0 Å². The summed E-state index contributed by atoms with van der Waals surface area (Å²) in [7, 11) is 0. The van der Waals surface area contributed by atoms with E-state index in [1.54, 1.807) is 6.08 Å². The average Bonchev–Trinajstić information content (AvgIpc) is 2.53. The molecule has 2 rings (SSSR count). The van der Waals surface area contributed by atoms with Crippen LogP contribution in [0.5, 0.6) is 0 Å². The minimum Gasteiger partial charge on any atom is -0.392 e. The van der Waals surface area contributed by atoms with Gasteiger partial charge >= 0.3 is 0 Å². The van der Waals surface area contributed by atoms with E-state index in [9.17, 15) is 0 Å². The molecule has 0 saturated heterocycles. The van der Waals surface area contributed by atoms with Crippen molar-refractivity contribution in [1.29, 1.82) is 0 Å². The molecule has 0 fully saturated rings. The second-order valence-corrected chi connectivity index (χ2v) is 4.90. The molecule has 0 heterocycles. The van der Waals surface area contributed by atoms with Crippen molar-refractivity contribution in [2.24, 2.45) is 0 Å². The minimum absolute atomic E-state index is 0.0672. The maximum absolute atomic E-state index is 8.81. The topological polar surface area (TPSA) is 20.2 Å². The van der Waals surface area contributed by atoms with Gasteiger partial charge in [-0.3, -0.25) is 0 Å². The fourth-order valence-corrected chi connectivity index (χ4v) is 2.32. The molecule has 20 heavy (non-hydrogen) atoms. The van der Waals surface area contributed by atoms with Crippen molar-refractivity contribution in [3.8, 4) is 0 Å². The van der Waals surface area contributed by atoms with E-state index in [4.69, 9.17) is 5.11 Å². The van der Waals surface area contributed by atoms with Gasteiger partial charge in [0, 0.05) is 5.41 Å². The van der Waals surface area contributed by atoms with Crippen molar-refractivity contribution in [1.82, 2.24) is 0 Å². The predicted molar refractivity (Wildman–Crippen MR) is 84.7 cm³/mol. The first-order valence-corrected chi connectivity index (χ1v) is 6.83. The number of hydrogen-bond donors (Lipinski definition) is 1. The fourth-order valence-electron chi connectivity index (χ4n) is 2.32. The third-order valence-electron chi connectivity index (χ3n) is 3.53. The molecule has 0 atom stereocenters. The molecule has 0 bridgehead atoms. The molecule has 0 aliphatic carbocycles. The van der Waals surface area contributed by atoms with Crippen LogP contribution in [-0.2, 0) is 5.41 Å². The number of benzene rings is 2. The molecule has 0 aromatic heterocycles. The van der Waals surface area contributed by atoms with Gasteiger partial charge in [-0.2, -0.15) is 0 Å². The van der Waals surface area contributed by atoms with Gasteiger partial charge in [0.15, 0.2) is 0 Å². The zero-order valence-corrected chi connectivity index (χ0v) is 11.7.